The molecule has 0 atom stereocenters. The van der Waals surface area contributed by atoms with E-state index in [0.29, 0.717) is 0 Å². The van der Waals surface area contributed by atoms with Crippen molar-refractivity contribution in [1.82, 2.24) is 0 Å². The Kier molecular flexibility index (Phi) is 9.53. The Morgan fingerprint density at radius 2 is 1.06 bits per heavy atom. The highest BCUT2D eigenvalue weighted by molar-refractivity contribution is 7.00. The molecule has 67 heavy (non-hydrogen) atoms. The van der Waals surface area contributed by atoms with Crippen molar-refractivity contribution in [2.75, 3.05) is 9.80 Å². The van der Waals surface area contributed by atoms with Crippen molar-refractivity contribution in [3.8, 4) is 22.3 Å². The fourth-order valence-electron chi connectivity index (χ4n) is 11.0. The van der Waals surface area contributed by atoms with Gasteiger partial charge in [0.05, 0.1) is 29.0 Å². The Morgan fingerprint density at radius 1 is 0.448 bits per heavy atom. The summed E-state index contributed by atoms with van der Waals surface area (Å²) < 4.78 is 13.7. The van der Waals surface area contributed by atoms with E-state index in [4.69, 9.17) is 8.83 Å². The predicted octanol–water partition coefficient (Wildman–Crippen LogP) is 15.7. The van der Waals surface area contributed by atoms with Crippen molar-refractivity contribution in [2.45, 2.75) is 106 Å². The first-order chi connectivity index (χ1) is 31.8. The quantitative estimate of drug-likeness (QED) is 0.165. The van der Waals surface area contributed by atoms with Crippen LogP contribution in [0.4, 0.5) is 34.1 Å². The Morgan fingerprint density at radius 3 is 1.73 bits per heavy atom. The third-order valence-electron chi connectivity index (χ3n) is 14.5. The van der Waals surface area contributed by atoms with Crippen molar-refractivity contribution in [3.05, 3.63) is 173 Å². The van der Waals surface area contributed by atoms with Crippen LogP contribution in [0.3, 0.4) is 0 Å². The fraction of sp³-hybridized carbons (Fsp3) is 0.258. The molecular weight excluding hydrogens is 816 g/mol. The highest BCUT2D eigenvalue weighted by atomic mass is 16.3. The molecule has 0 spiro atoms. The smallest absolute Gasteiger partial charge is 0.297 e. The highest BCUT2D eigenvalue weighted by Gasteiger charge is 2.48. The highest BCUT2D eigenvalue weighted by Crippen LogP contribution is 2.52. The van der Waals surface area contributed by atoms with E-state index in [1.807, 2.05) is 12.3 Å². The average molecular weight is 877 g/mol. The second kappa shape index (κ2) is 14.9. The molecule has 2 aliphatic rings. The molecule has 0 saturated carbocycles. The van der Waals surface area contributed by atoms with E-state index in [2.05, 4.69) is 221 Å². The third-order valence-corrected chi connectivity index (χ3v) is 14.5. The molecule has 0 bridgehead atoms. The number of rotatable bonds is 4. The number of hydrogen-bond donors (Lipinski definition) is 0. The standard InChI is InChI=1S/C62H61BN2O2/c1-36-27-51-55-52(28-36)65(56-37(2)29-43(30-38(56)3)61(8,9)10)58-47-33-42(60(5,6)7)24-26-54(47)67-59(58)63(55)49-32-41(48-35-66-53-22-18-17-21-45(48)53)23-25-50(49)64(51)57-39(4)31-44(62(11,12)13)34-46(57)40-19-15-14-16-20-40/h14-35H,1-13H3. The Balaban J connectivity index is 1.29. The van der Waals surface area contributed by atoms with Crippen LogP contribution in [-0.4, -0.2) is 6.71 Å². The molecule has 0 fully saturated rings. The average Bonchev–Trinajstić information content (AvgIpc) is 3.88. The van der Waals surface area contributed by atoms with Gasteiger partial charge in [0.2, 0.25) is 0 Å². The molecule has 2 aromatic heterocycles. The van der Waals surface area contributed by atoms with Crippen LogP contribution < -0.4 is 26.4 Å². The van der Waals surface area contributed by atoms with Gasteiger partial charge in [-0.2, -0.15) is 0 Å². The molecule has 11 rings (SSSR count). The van der Waals surface area contributed by atoms with Gasteiger partial charge in [-0.1, -0.05) is 147 Å². The predicted molar refractivity (Wildman–Crippen MR) is 286 cm³/mol. The topological polar surface area (TPSA) is 32.8 Å². The lowest BCUT2D eigenvalue weighted by molar-refractivity contribution is 0.589. The number of fused-ring (bicyclic) bond motifs is 7. The van der Waals surface area contributed by atoms with Crippen LogP contribution in [0.1, 0.15) is 101 Å². The normalized spacial score (nSPS) is 13.7. The number of furan rings is 2. The van der Waals surface area contributed by atoms with Gasteiger partial charge in [-0.25, -0.2) is 0 Å². The zero-order valence-electron chi connectivity index (χ0n) is 41.5. The van der Waals surface area contributed by atoms with Gasteiger partial charge in [-0.15, -0.1) is 0 Å². The molecule has 0 amide bonds. The first-order valence-corrected chi connectivity index (χ1v) is 24.0. The van der Waals surface area contributed by atoms with Crippen LogP contribution >= 0.6 is 0 Å². The van der Waals surface area contributed by atoms with Crippen molar-refractivity contribution in [1.29, 1.82) is 0 Å². The number of anilines is 6. The maximum Gasteiger partial charge on any atom is 0.297 e. The molecule has 0 saturated heterocycles. The third kappa shape index (κ3) is 6.79. The minimum Gasteiger partial charge on any atom is -0.468 e. The lowest BCUT2D eigenvalue weighted by atomic mass is 9.35. The van der Waals surface area contributed by atoms with Gasteiger partial charge >= 0.3 is 0 Å². The monoisotopic (exact) mass is 876 g/mol. The van der Waals surface area contributed by atoms with E-state index in [9.17, 15) is 0 Å². The first-order valence-electron chi connectivity index (χ1n) is 24.0. The summed E-state index contributed by atoms with van der Waals surface area (Å²) in [6.07, 6.45) is 1.93. The number of nitrogens with zero attached hydrogens (tertiary/aromatic N) is 2. The van der Waals surface area contributed by atoms with Gasteiger partial charge in [-0.05, 0) is 147 Å². The molecule has 4 heterocycles. The molecule has 0 unspecified atom stereocenters. The molecule has 334 valence electrons. The minimum atomic E-state index is -0.213. The van der Waals surface area contributed by atoms with Crippen LogP contribution in [0.25, 0.3) is 44.2 Å². The second-order valence-corrected chi connectivity index (χ2v) is 22.5. The van der Waals surface area contributed by atoms with E-state index in [1.54, 1.807) is 0 Å². The summed E-state index contributed by atoms with van der Waals surface area (Å²) in [5.74, 6) is 0. The SMILES string of the molecule is Cc1cc2c3c(c1)N(c1c(C)cc(C(C)(C)C)cc1C)c1c(oc4ccc(C(C)(C)C)cc14)B3c1cc(-c3coc4ccccc34)ccc1N2c1c(C)cc(C(C)(C)C)cc1-c1ccccc1. The van der Waals surface area contributed by atoms with Crippen LogP contribution in [-0.2, 0) is 16.2 Å². The summed E-state index contributed by atoms with van der Waals surface area (Å²) in [5.41, 5.74) is 25.5. The number of para-hydroxylation sites is 1. The maximum atomic E-state index is 7.44. The molecule has 0 N–H and O–H groups in total. The molecule has 0 aliphatic carbocycles. The van der Waals surface area contributed by atoms with Gasteiger partial charge in [0, 0.05) is 39.0 Å². The van der Waals surface area contributed by atoms with Crippen molar-refractivity contribution in [2.24, 2.45) is 0 Å². The zero-order chi connectivity index (χ0) is 47.1. The Bertz CT molecular complexity index is 3450. The van der Waals surface area contributed by atoms with Crippen LogP contribution in [0.5, 0.6) is 0 Å². The molecule has 5 heteroatoms. The first kappa shape index (κ1) is 42.9. The number of aryl methyl sites for hydroxylation is 4. The Labute approximate surface area is 397 Å². The molecule has 9 aromatic rings. The molecule has 2 aliphatic heterocycles. The summed E-state index contributed by atoms with van der Waals surface area (Å²) >= 11 is 0. The summed E-state index contributed by atoms with van der Waals surface area (Å²) in [6, 6.07) is 47.8. The van der Waals surface area contributed by atoms with E-state index < -0.39 is 0 Å². The molecule has 0 radical (unpaired) electrons. The van der Waals surface area contributed by atoms with E-state index in [-0.39, 0.29) is 23.0 Å². The number of benzene rings is 7. The van der Waals surface area contributed by atoms with E-state index >= 15 is 0 Å². The van der Waals surface area contributed by atoms with Gasteiger partial charge in [0.1, 0.15) is 11.2 Å². The van der Waals surface area contributed by atoms with Crippen molar-refractivity contribution < 1.29 is 8.83 Å². The fourth-order valence-corrected chi connectivity index (χ4v) is 11.0. The van der Waals surface area contributed by atoms with Crippen molar-refractivity contribution in [3.63, 3.8) is 0 Å². The minimum absolute atomic E-state index is 0.00224. The van der Waals surface area contributed by atoms with E-state index in [1.165, 1.54) is 83.7 Å². The second-order valence-electron chi connectivity index (χ2n) is 22.5. The zero-order valence-corrected chi connectivity index (χ0v) is 41.5. The molecule has 4 nitrogen and oxygen atoms in total. The largest absolute Gasteiger partial charge is 0.468 e. The van der Waals surface area contributed by atoms with Crippen molar-refractivity contribution >= 4 is 79.4 Å². The van der Waals surface area contributed by atoms with Gasteiger partial charge in [0.25, 0.3) is 6.71 Å². The van der Waals surface area contributed by atoms with Gasteiger partial charge < -0.3 is 18.6 Å². The van der Waals surface area contributed by atoms with Crippen LogP contribution in [0, 0.1) is 27.7 Å². The lowest BCUT2D eigenvalue weighted by Crippen LogP contribution is -2.61. The Hall–Kier alpha value is -6.72. The maximum absolute atomic E-state index is 7.44. The van der Waals surface area contributed by atoms with Gasteiger partial charge in [0.15, 0.2) is 0 Å². The number of hydrogen-bond acceptors (Lipinski definition) is 4. The summed E-state index contributed by atoms with van der Waals surface area (Å²) in [4.78, 5) is 5.17. The van der Waals surface area contributed by atoms with Crippen LogP contribution in [0.2, 0.25) is 0 Å². The summed E-state index contributed by atoms with van der Waals surface area (Å²) in [5, 5.41) is 2.24. The molecular formula is C62H61BN2O2. The van der Waals surface area contributed by atoms with Gasteiger partial charge in [-0.3, -0.25) is 0 Å². The lowest BCUT2D eigenvalue weighted by Gasteiger charge is -2.44. The van der Waals surface area contributed by atoms with E-state index in [0.717, 1.165) is 50.1 Å². The molecule has 7 aromatic carbocycles. The summed E-state index contributed by atoms with van der Waals surface area (Å²) in [6.45, 7) is 29.7. The summed E-state index contributed by atoms with van der Waals surface area (Å²) in [7, 11) is 0. The van der Waals surface area contributed by atoms with Crippen LogP contribution in [0.15, 0.2) is 142 Å².